The number of carbonyl (C=O) groups excluding carboxylic acids is 1. The van der Waals surface area contributed by atoms with Crippen LogP contribution in [-0.4, -0.2) is 76.4 Å². The average molecular weight is 505 g/mol. The lowest BCUT2D eigenvalue weighted by Crippen LogP contribution is -2.45. The van der Waals surface area contributed by atoms with Crippen LogP contribution in [-0.2, 0) is 27.2 Å². The zero-order chi connectivity index (χ0) is 25.5. The van der Waals surface area contributed by atoms with E-state index >= 15 is 0 Å². The van der Waals surface area contributed by atoms with E-state index < -0.39 is 12.1 Å². The number of nitrogens with zero attached hydrogens (tertiary/aromatic N) is 3. The van der Waals surface area contributed by atoms with Gasteiger partial charge in [0, 0.05) is 62.1 Å². The molecule has 9 nitrogen and oxygen atoms in total. The van der Waals surface area contributed by atoms with Crippen molar-refractivity contribution >= 4 is 23.0 Å². The number of aromatic nitrogens is 2. The third kappa shape index (κ3) is 4.46. The van der Waals surface area contributed by atoms with Gasteiger partial charge in [0.2, 0.25) is 5.91 Å². The number of benzene rings is 1. The Morgan fingerprint density at radius 1 is 1.08 bits per heavy atom. The fourth-order valence-corrected chi connectivity index (χ4v) is 5.94. The summed E-state index contributed by atoms with van der Waals surface area (Å²) in [6, 6.07) is 5.98. The van der Waals surface area contributed by atoms with Gasteiger partial charge in [0.25, 0.3) is 0 Å². The van der Waals surface area contributed by atoms with E-state index in [0.717, 1.165) is 63.7 Å². The first kappa shape index (κ1) is 23.9. The number of hydrogen-bond acceptors (Lipinski definition) is 5. The Morgan fingerprint density at radius 2 is 1.92 bits per heavy atom. The lowest BCUT2D eigenvalue weighted by atomic mass is 9.86. The fourth-order valence-electron chi connectivity index (χ4n) is 5.94. The topological polar surface area (TPSA) is 108 Å². The lowest BCUT2D eigenvalue weighted by Gasteiger charge is -2.39. The zero-order valence-electron chi connectivity index (χ0n) is 21.0. The number of H-pyrrole nitrogens is 1. The molecule has 2 fully saturated rings. The first-order valence-electron chi connectivity index (χ1n) is 13.0. The van der Waals surface area contributed by atoms with Gasteiger partial charge in [0.1, 0.15) is 5.65 Å². The van der Waals surface area contributed by atoms with Crippen LogP contribution in [0.25, 0.3) is 22.2 Å². The maximum absolute atomic E-state index is 13.4. The van der Waals surface area contributed by atoms with Crippen LogP contribution in [0.5, 0.6) is 0 Å². The van der Waals surface area contributed by atoms with E-state index in [-0.39, 0.29) is 11.8 Å². The van der Waals surface area contributed by atoms with Crippen molar-refractivity contribution in [3.63, 3.8) is 0 Å². The molecule has 2 amide bonds. The molecule has 0 spiro atoms. The number of carbonyl (C=O) groups is 2. The first-order chi connectivity index (χ1) is 18.0. The van der Waals surface area contributed by atoms with Crippen molar-refractivity contribution in [2.75, 3.05) is 39.5 Å². The molecule has 0 saturated carbocycles. The summed E-state index contributed by atoms with van der Waals surface area (Å²) in [5, 5.41) is 11.0. The van der Waals surface area contributed by atoms with Gasteiger partial charge in [-0.25, -0.2) is 9.78 Å². The molecule has 1 unspecified atom stereocenters. The molecule has 3 aromatic rings. The Morgan fingerprint density at radius 3 is 2.73 bits per heavy atom. The SMILES string of the molecule is Cc1c[nH]c2ncc(-c3cc4c(c(C5COCCN5C(=O)O)c3)CN(C(=O)C3CCOCC3)CC4)cc12. The molecule has 0 radical (unpaired) electrons. The quantitative estimate of drug-likeness (QED) is 0.560. The molecule has 1 atom stereocenters. The van der Waals surface area contributed by atoms with E-state index in [1.165, 1.54) is 4.90 Å². The summed E-state index contributed by atoms with van der Waals surface area (Å²) >= 11 is 0. The number of nitrogens with one attached hydrogen (secondary N) is 1. The number of amides is 2. The molecule has 3 aliphatic rings. The standard InChI is InChI=1S/C28H32N4O5/c1-17-13-29-26-22(17)12-21(14-30-26)20-10-19-2-5-31(27(33)18-3-7-36-8-4-18)15-24(19)23(11-20)25-16-37-9-6-32(25)28(34)35/h10-14,18,25H,2-9,15-16H2,1H3,(H,29,30)(H,34,35). The summed E-state index contributed by atoms with van der Waals surface area (Å²) in [5.41, 5.74) is 7.09. The number of rotatable bonds is 3. The van der Waals surface area contributed by atoms with Crippen LogP contribution in [0.3, 0.4) is 0 Å². The number of morpholine rings is 1. The molecule has 1 aromatic carbocycles. The lowest BCUT2D eigenvalue weighted by molar-refractivity contribution is -0.139. The Balaban J connectivity index is 1.42. The Kier molecular flexibility index (Phi) is 6.34. The number of aromatic amines is 1. The number of aryl methyl sites for hydroxylation is 1. The second-order valence-corrected chi connectivity index (χ2v) is 10.3. The third-order valence-electron chi connectivity index (χ3n) is 8.06. The van der Waals surface area contributed by atoms with Gasteiger partial charge < -0.3 is 24.5 Å². The number of fused-ring (bicyclic) bond motifs is 2. The van der Waals surface area contributed by atoms with E-state index in [4.69, 9.17) is 9.47 Å². The predicted molar refractivity (Wildman–Crippen MR) is 137 cm³/mol. The summed E-state index contributed by atoms with van der Waals surface area (Å²) in [6.45, 7) is 5.44. The molecule has 0 bridgehead atoms. The second kappa shape index (κ2) is 9.79. The fraction of sp³-hybridized carbons (Fsp3) is 0.464. The van der Waals surface area contributed by atoms with E-state index in [0.29, 0.717) is 46.1 Å². The minimum Gasteiger partial charge on any atom is -0.465 e. The van der Waals surface area contributed by atoms with E-state index in [1.54, 1.807) is 0 Å². The summed E-state index contributed by atoms with van der Waals surface area (Å²) in [6.07, 6.45) is 5.10. The monoisotopic (exact) mass is 504 g/mol. The van der Waals surface area contributed by atoms with Crippen molar-refractivity contribution in [1.29, 1.82) is 0 Å². The van der Waals surface area contributed by atoms with Crippen LogP contribution >= 0.6 is 0 Å². The van der Waals surface area contributed by atoms with Crippen LogP contribution in [0.1, 0.15) is 41.1 Å². The smallest absolute Gasteiger partial charge is 0.407 e. The van der Waals surface area contributed by atoms with Crippen LogP contribution in [0.15, 0.2) is 30.6 Å². The summed E-state index contributed by atoms with van der Waals surface area (Å²) in [5.74, 6) is 0.172. The molecular formula is C28H32N4O5. The summed E-state index contributed by atoms with van der Waals surface area (Å²) in [4.78, 5) is 36.8. The average Bonchev–Trinajstić information content (AvgIpc) is 3.32. The van der Waals surface area contributed by atoms with E-state index in [9.17, 15) is 14.7 Å². The highest BCUT2D eigenvalue weighted by Crippen LogP contribution is 2.37. The Hall–Kier alpha value is -3.43. The first-order valence-corrected chi connectivity index (χ1v) is 13.0. The van der Waals surface area contributed by atoms with Crippen molar-refractivity contribution in [3.8, 4) is 11.1 Å². The van der Waals surface area contributed by atoms with Crippen LogP contribution in [0.4, 0.5) is 4.79 Å². The minimum absolute atomic E-state index is 0.00560. The minimum atomic E-state index is -0.954. The van der Waals surface area contributed by atoms with Gasteiger partial charge in [0.05, 0.1) is 19.3 Å². The van der Waals surface area contributed by atoms with Gasteiger partial charge in [-0.05, 0) is 66.1 Å². The molecule has 3 aliphatic heterocycles. The molecule has 194 valence electrons. The number of pyridine rings is 1. The zero-order valence-corrected chi connectivity index (χ0v) is 21.0. The van der Waals surface area contributed by atoms with E-state index in [2.05, 4.69) is 35.1 Å². The van der Waals surface area contributed by atoms with Gasteiger partial charge in [-0.15, -0.1) is 0 Å². The molecule has 2 N–H and O–H groups in total. The van der Waals surface area contributed by atoms with Gasteiger partial charge in [-0.2, -0.15) is 0 Å². The Labute approximate surface area is 215 Å². The highest BCUT2D eigenvalue weighted by molar-refractivity contribution is 5.85. The van der Waals surface area contributed by atoms with Crippen LogP contribution in [0.2, 0.25) is 0 Å². The number of hydrogen-bond donors (Lipinski definition) is 2. The van der Waals surface area contributed by atoms with Crippen molar-refractivity contribution in [2.24, 2.45) is 5.92 Å². The van der Waals surface area contributed by atoms with Crippen LogP contribution < -0.4 is 0 Å². The molecule has 6 rings (SSSR count). The van der Waals surface area contributed by atoms with Gasteiger partial charge >= 0.3 is 6.09 Å². The molecule has 2 saturated heterocycles. The normalized spacial score (nSPS) is 20.7. The highest BCUT2D eigenvalue weighted by Gasteiger charge is 2.35. The van der Waals surface area contributed by atoms with Crippen molar-refractivity contribution in [1.82, 2.24) is 19.8 Å². The number of ether oxygens (including phenoxy) is 2. The third-order valence-corrected chi connectivity index (χ3v) is 8.06. The van der Waals surface area contributed by atoms with Crippen molar-refractivity contribution in [2.45, 2.75) is 38.8 Å². The highest BCUT2D eigenvalue weighted by atomic mass is 16.5. The largest absolute Gasteiger partial charge is 0.465 e. The number of carboxylic acid groups (broad SMARTS) is 1. The molecule has 37 heavy (non-hydrogen) atoms. The molecule has 2 aromatic heterocycles. The second-order valence-electron chi connectivity index (χ2n) is 10.3. The predicted octanol–water partition coefficient (Wildman–Crippen LogP) is 3.90. The van der Waals surface area contributed by atoms with Gasteiger partial charge in [0.15, 0.2) is 0 Å². The maximum Gasteiger partial charge on any atom is 0.407 e. The van der Waals surface area contributed by atoms with E-state index in [1.807, 2.05) is 17.3 Å². The molecule has 9 heteroatoms. The maximum atomic E-state index is 13.4. The van der Waals surface area contributed by atoms with Crippen molar-refractivity contribution < 1.29 is 24.2 Å². The Bertz CT molecular complexity index is 1350. The van der Waals surface area contributed by atoms with Crippen molar-refractivity contribution in [3.05, 3.63) is 52.8 Å². The van der Waals surface area contributed by atoms with Gasteiger partial charge in [-0.3, -0.25) is 9.69 Å². The summed E-state index contributed by atoms with van der Waals surface area (Å²) in [7, 11) is 0. The van der Waals surface area contributed by atoms with Crippen LogP contribution in [0, 0.1) is 12.8 Å². The molecular weight excluding hydrogens is 472 g/mol. The molecule has 0 aliphatic carbocycles. The summed E-state index contributed by atoms with van der Waals surface area (Å²) < 4.78 is 11.2. The molecule has 5 heterocycles. The van der Waals surface area contributed by atoms with Gasteiger partial charge in [-0.1, -0.05) is 6.07 Å².